The number of hydrogen-bond acceptors (Lipinski definition) is 6. The molecule has 0 aromatic heterocycles. The maximum Gasteiger partial charge on any atom is 0.417 e. The molecule has 0 heterocycles. The van der Waals surface area contributed by atoms with Crippen LogP contribution in [0.15, 0.2) is 36.4 Å². The first-order chi connectivity index (χ1) is 11.3. The Bertz CT molecular complexity index is 834. The minimum absolute atomic E-state index is 0.116. The van der Waals surface area contributed by atoms with Crippen molar-refractivity contribution in [2.24, 2.45) is 0 Å². The molecule has 0 saturated carbocycles. The van der Waals surface area contributed by atoms with Crippen LogP contribution in [0.3, 0.4) is 0 Å². The monoisotopic (exact) mass is 331 g/mol. The topological polar surface area (TPSA) is 125 Å². The lowest BCUT2D eigenvalue weighted by Crippen LogP contribution is -2.17. The molecule has 24 heavy (non-hydrogen) atoms. The first-order valence-electron chi connectivity index (χ1n) is 6.77. The lowest BCUT2D eigenvalue weighted by Gasteiger charge is -2.09. The van der Waals surface area contributed by atoms with Gasteiger partial charge in [0.25, 0.3) is 11.4 Å². The number of nitro groups is 2. The molecule has 0 spiro atoms. The first-order valence-corrected chi connectivity index (χ1v) is 6.77. The fourth-order valence-corrected chi connectivity index (χ4v) is 1.99. The van der Waals surface area contributed by atoms with Crippen LogP contribution in [-0.4, -0.2) is 15.9 Å². The molecule has 0 aliphatic heterocycles. The zero-order valence-corrected chi connectivity index (χ0v) is 12.8. The van der Waals surface area contributed by atoms with Crippen LogP contribution in [0, 0.1) is 34.1 Å². The van der Waals surface area contributed by atoms with Crippen molar-refractivity contribution >= 4 is 23.2 Å². The summed E-state index contributed by atoms with van der Waals surface area (Å²) in [6.07, 6.45) is -0.856. The van der Waals surface area contributed by atoms with Crippen molar-refractivity contribution < 1.29 is 19.4 Å². The zero-order chi connectivity index (χ0) is 17.9. The van der Waals surface area contributed by atoms with E-state index in [9.17, 15) is 25.0 Å². The summed E-state index contributed by atoms with van der Waals surface area (Å²) in [6, 6.07) is 8.03. The van der Waals surface area contributed by atoms with E-state index in [1.165, 1.54) is 36.4 Å². The molecule has 0 atom stereocenters. The highest BCUT2D eigenvalue weighted by Gasteiger charge is 2.15. The Morgan fingerprint density at radius 1 is 1.00 bits per heavy atom. The van der Waals surface area contributed by atoms with Gasteiger partial charge in [-0.25, -0.2) is 4.79 Å². The van der Waals surface area contributed by atoms with Gasteiger partial charge < -0.3 is 4.74 Å². The van der Waals surface area contributed by atoms with Crippen molar-refractivity contribution in [3.63, 3.8) is 0 Å². The van der Waals surface area contributed by atoms with Gasteiger partial charge in [-0.15, -0.1) is 0 Å². The molecule has 2 aromatic carbocycles. The summed E-state index contributed by atoms with van der Waals surface area (Å²) in [5.74, 6) is 0.153. The molecule has 2 rings (SSSR count). The van der Waals surface area contributed by atoms with E-state index in [1.54, 1.807) is 13.8 Å². The molecule has 0 bridgehead atoms. The van der Waals surface area contributed by atoms with Crippen molar-refractivity contribution in [3.8, 4) is 5.75 Å². The molecule has 9 nitrogen and oxygen atoms in total. The molecule has 2 aromatic rings. The number of nitro benzene ring substituents is 2. The second-order valence-electron chi connectivity index (χ2n) is 4.98. The number of ether oxygens (including phenoxy) is 1. The highest BCUT2D eigenvalue weighted by molar-refractivity contribution is 5.87. The fourth-order valence-electron chi connectivity index (χ4n) is 1.99. The Hall–Kier alpha value is -3.49. The molecule has 1 amide bonds. The summed E-state index contributed by atoms with van der Waals surface area (Å²) < 4.78 is 5.07. The summed E-state index contributed by atoms with van der Waals surface area (Å²) in [7, 11) is 0. The number of nitrogens with zero attached hydrogens (tertiary/aromatic N) is 2. The largest absolute Gasteiger partial charge is 0.417 e. The summed E-state index contributed by atoms with van der Waals surface area (Å²) in [6.45, 7) is 3.15. The number of rotatable bonds is 4. The van der Waals surface area contributed by atoms with Gasteiger partial charge in [0, 0.05) is 23.8 Å². The van der Waals surface area contributed by atoms with Crippen LogP contribution in [0.2, 0.25) is 0 Å². The van der Waals surface area contributed by atoms with Crippen molar-refractivity contribution in [2.75, 3.05) is 5.32 Å². The lowest BCUT2D eigenvalue weighted by atomic mass is 10.2. The van der Waals surface area contributed by atoms with E-state index in [1.807, 2.05) is 0 Å². The van der Waals surface area contributed by atoms with E-state index in [0.717, 1.165) is 0 Å². The van der Waals surface area contributed by atoms with E-state index < -0.39 is 15.9 Å². The number of hydrogen-bond donors (Lipinski definition) is 1. The van der Waals surface area contributed by atoms with Crippen LogP contribution in [0.25, 0.3) is 0 Å². The van der Waals surface area contributed by atoms with E-state index >= 15 is 0 Å². The third-order valence-electron chi connectivity index (χ3n) is 3.22. The molecular weight excluding hydrogens is 318 g/mol. The molecule has 124 valence electrons. The SMILES string of the molecule is Cc1cc([N+](=O)[O-])ccc1OC(=O)Nc1ccc(C)c([N+](=O)[O-])c1. The lowest BCUT2D eigenvalue weighted by molar-refractivity contribution is -0.385. The van der Waals surface area contributed by atoms with E-state index in [-0.39, 0.29) is 22.8 Å². The van der Waals surface area contributed by atoms with E-state index in [4.69, 9.17) is 4.74 Å². The maximum absolute atomic E-state index is 11.9. The summed E-state index contributed by atoms with van der Waals surface area (Å²) in [5, 5.41) is 23.9. The second kappa shape index (κ2) is 6.73. The molecule has 0 aliphatic rings. The predicted octanol–water partition coefficient (Wildman–Crippen LogP) is 3.73. The third kappa shape index (κ3) is 3.83. The first kappa shape index (κ1) is 16.9. The van der Waals surface area contributed by atoms with Gasteiger partial charge in [-0.05, 0) is 31.5 Å². The van der Waals surface area contributed by atoms with Gasteiger partial charge in [0.15, 0.2) is 0 Å². The summed E-state index contributed by atoms with van der Waals surface area (Å²) >= 11 is 0. The van der Waals surface area contributed by atoms with Crippen LogP contribution in [0.4, 0.5) is 21.9 Å². The number of aryl methyl sites for hydroxylation is 2. The van der Waals surface area contributed by atoms with Crippen LogP contribution in [-0.2, 0) is 0 Å². The number of carbonyl (C=O) groups is 1. The number of carbonyl (C=O) groups excluding carboxylic acids is 1. The normalized spacial score (nSPS) is 10.1. The minimum atomic E-state index is -0.856. The van der Waals surface area contributed by atoms with Gasteiger partial charge in [0.2, 0.25) is 0 Å². The number of anilines is 1. The maximum atomic E-state index is 11.9. The molecule has 1 N–H and O–H groups in total. The Morgan fingerprint density at radius 3 is 2.29 bits per heavy atom. The van der Waals surface area contributed by atoms with Crippen molar-refractivity contribution in [1.29, 1.82) is 0 Å². The molecule has 0 unspecified atom stereocenters. The molecule has 0 fully saturated rings. The second-order valence-corrected chi connectivity index (χ2v) is 4.98. The smallest absolute Gasteiger partial charge is 0.410 e. The Morgan fingerprint density at radius 2 is 1.71 bits per heavy atom. The molecule has 0 aliphatic carbocycles. The Balaban J connectivity index is 2.13. The van der Waals surface area contributed by atoms with Gasteiger partial charge in [0.1, 0.15) is 5.75 Å². The third-order valence-corrected chi connectivity index (χ3v) is 3.22. The van der Waals surface area contributed by atoms with E-state index in [0.29, 0.717) is 11.1 Å². The Labute approximate surface area is 136 Å². The fraction of sp³-hybridized carbons (Fsp3) is 0.133. The van der Waals surface area contributed by atoms with Gasteiger partial charge in [-0.3, -0.25) is 25.5 Å². The van der Waals surface area contributed by atoms with E-state index in [2.05, 4.69) is 5.32 Å². The van der Waals surface area contributed by atoms with Crippen molar-refractivity contribution in [3.05, 3.63) is 67.8 Å². The molecular formula is C15H13N3O6. The molecule has 0 saturated heterocycles. The number of amides is 1. The zero-order valence-electron chi connectivity index (χ0n) is 12.8. The van der Waals surface area contributed by atoms with Crippen LogP contribution < -0.4 is 10.1 Å². The van der Waals surface area contributed by atoms with Gasteiger partial charge in [0.05, 0.1) is 15.5 Å². The highest BCUT2D eigenvalue weighted by Crippen LogP contribution is 2.25. The number of nitrogens with one attached hydrogen (secondary N) is 1. The summed E-state index contributed by atoms with van der Waals surface area (Å²) in [5.41, 5.74) is 0.838. The standard InChI is InChI=1S/C15H13N3O6/c1-9-3-4-11(8-13(9)18(22)23)16-15(19)24-14-6-5-12(17(20)21)7-10(14)2/h3-8H,1-2H3,(H,16,19). The van der Waals surface area contributed by atoms with Crippen LogP contribution >= 0.6 is 0 Å². The van der Waals surface area contributed by atoms with Crippen molar-refractivity contribution in [1.82, 2.24) is 0 Å². The summed E-state index contributed by atoms with van der Waals surface area (Å²) in [4.78, 5) is 32.3. The number of non-ortho nitro benzene ring substituents is 1. The average Bonchev–Trinajstić information content (AvgIpc) is 2.50. The van der Waals surface area contributed by atoms with Gasteiger partial charge in [-0.2, -0.15) is 0 Å². The minimum Gasteiger partial charge on any atom is -0.410 e. The predicted molar refractivity (Wildman–Crippen MR) is 85.3 cm³/mol. The highest BCUT2D eigenvalue weighted by atomic mass is 16.6. The average molecular weight is 331 g/mol. The van der Waals surface area contributed by atoms with Gasteiger partial charge in [-0.1, -0.05) is 6.07 Å². The molecule has 0 radical (unpaired) electrons. The van der Waals surface area contributed by atoms with Crippen molar-refractivity contribution in [2.45, 2.75) is 13.8 Å². The van der Waals surface area contributed by atoms with Crippen LogP contribution in [0.5, 0.6) is 5.75 Å². The molecule has 9 heteroatoms. The number of benzene rings is 2. The van der Waals surface area contributed by atoms with Gasteiger partial charge >= 0.3 is 6.09 Å². The van der Waals surface area contributed by atoms with Crippen LogP contribution in [0.1, 0.15) is 11.1 Å². The quantitative estimate of drug-likeness (QED) is 0.672. The Kier molecular flexibility index (Phi) is 4.73.